The second-order valence-electron chi connectivity index (χ2n) is 9.52. The van der Waals surface area contributed by atoms with Crippen LogP contribution >= 0.6 is 11.9 Å². The predicted molar refractivity (Wildman–Crippen MR) is 145 cm³/mol. The number of aliphatic carboxylic acids is 1. The Morgan fingerprint density at radius 3 is 2.38 bits per heavy atom. The minimum atomic E-state index is -4.63. The Balaban J connectivity index is 1.79. The van der Waals surface area contributed by atoms with Gasteiger partial charge >= 0.3 is 12.1 Å². The first-order valence-electron chi connectivity index (χ1n) is 12.4. The molecule has 0 bridgehead atoms. The van der Waals surface area contributed by atoms with E-state index in [2.05, 4.69) is 0 Å². The summed E-state index contributed by atoms with van der Waals surface area (Å²) in [4.78, 5) is 25.8. The van der Waals surface area contributed by atoms with Gasteiger partial charge in [-0.3, -0.25) is 9.36 Å². The van der Waals surface area contributed by atoms with E-state index in [-0.39, 0.29) is 29.1 Å². The number of aliphatic hydroxyl groups is 2. The van der Waals surface area contributed by atoms with E-state index >= 15 is 0 Å². The number of carbonyl (C=O) groups is 1. The number of fused-ring (bicyclic) bond motifs is 2. The van der Waals surface area contributed by atoms with E-state index in [0.717, 1.165) is 45.0 Å². The highest BCUT2D eigenvalue weighted by atomic mass is 32.2. The van der Waals surface area contributed by atoms with E-state index < -0.39 is 48.6 Å². The summed E-state index contributed by atoms with van der Waals surface area (Å²) in [7, 11) is 0. The van der Waals surface area contributed by atoms with Crippen molar-refractivity contribution in [3.8, 4) is 11.1 Å². The largest absolute Gasteiger partial charge is 0.480 e. The third kappa shape index (κ3) is 5.25. The minimum absolute atomic E-state index is 0.132. The summed E-state index contributed by atoms with van der Waals surface area (Å²) in [5.74, 6) is -1.32. The van der Waals surface area contributed by atoms with Gasteiger partial charge in [-0.1, -0.05) is 54.6 Å². The number of carboxylic acids is 1. The van der Waals surface area contributed by atoms with Crippen LogP contribution in [0, 0.1) is 0 Å². The van der Waals surface area contributed by atoms with Gasteiger partial charge in [0.1, 0.15) is 11.1 Å². The number of aromatic nitrogens is 1. The molecule has 3 aromatic carbocycles. The van der Waals surface area contributed by atoms with Crippen molar-refractivity contribution in [2.75, 3.05) is 19.8 Å². The van der Waals surface area contributed by atoms with Crippen LogP contribution in [0.1, 0.15) is 22.7 Å². The van der Waals surface area contributed by atoms with Gasteiger partial charge in [0.2, 0.25) is 0 Å². The molecule has 208 valence electrons. The Kier molecular flexibility index (Phi) is 7.74. The Labute approximate surface area is 231 Å². The molecule has 0 fully saturated rings. The van der Waals surface area contributed by atoms with Crippen molar-refractivity contribution in [1.29, 1.82) is 0 Å². The van der Waals surface area contributed by atoms with Gasteiger partial charge < -0.3 is 15.3 Å². The Hall–Kier alpha value is -3.64. The number of pyridine rings is 1. The van der Waals surface area contributed by atoms with E-state index in [4.69, 9.17) is 0 Å². The van der Waals surface area contributed by atoms with Crippen molar-refractivity contribution < 1.29 is 33.3 Å². The normalized spacial score (nSPS) is 15.9. The number of halogens is 3. The van der Waals surface area contributed by atoms with Crippen LogP contribution < -0.4 is 5.56 Å². The van der Waals surface area contributed by atoms with Gasteiger partial charge in [0.15, 0.2) is 0 Å². The van der Waals surface area contributed by atoms with Crippen LogP contribution in [0.25, 0.3) is 21.9 Å². The maximum absolute atomic E-state index is 13.7. The fourth-order valence-corrected chi connectivity index (χ4v) is 6.40. The van der Waals surface area contributed by atoms with E-state index in [0.29, 0.717) is 5.56 Å². The van der Waals surface area contributed by atoms with Crippen molar-refractivity contribution in [2.24, 2.45) is 0 Å². The van der Waals surface area contributed by atoms with E-state index in [1.807, 2.05) is 42.5 Å². The molecule has 4 aromatic rings. The first-order chi connectivity index (χ1) is 19.1. The van der Waals surface area contributed by atoms with Crippen LogP contribution in [0.15, 0.2) is 82.6 Å². The zero-order chi connectivity index (χ0) is 28.6. The quantitative estimate of drug-likeness (QED) is 0.280. The second-order valence-corrected chi connectivity index (χ2v) is 10.6. The van der Waals surface area contributed by atoms with Crippen LogP contribution in [-0.4, -0.2) is 56.0 Å². The fourth-order valence-electron chi connectivity index (χ4n) is 5.04. The lowest BCUT2D eigenvalue weighted by Gasteiger charge is -2.37. The molecule has 11 heteroatoms. The smallest absolute Gasteiger partial charge is 0.416 e. The summed E-state index contributed by atoms with van der Waals surface area (Å²) < 4.78 is 43.7. The summed E-state index contributed by atoms with van der Waals surface area (Å²) >= 11 is 0.944. The maximum atomic E-state index is 13.7. The second kappa shape index (κ2) is 11.1. The molecule has 1 aromatic heterocycles. The molecular weight excluding hydrogens is 545 g/mol. The number of alkyl halides is 3. The lowest BCUT2D eigenvalue weighted by atomic mass is 9.93. The van der Waals surface area contributed by atoms with Gasteiger partial charge in [-0.25, -0.2) is 9.10 Å². The monoisotopic (exact) mass is 570 g/mol. The molecule has 0 saturated heterocycles. The van der Waals surface area contributed by atoms with Crippen LogP contribution in [0.3, 0.4) is 0 Å². The highest BCUT2D eigenvalue weighted by molar-refractivity contribution is 7.97. The molecule has 0 aliphatic carbocycles. The molecule has 1 aliphatic heterocycles. The van der Waals surface area contributed by atoms with E-state index in [9.17, 15) is 38.1 Å². The molecule has 5 rings (SSSR count). The number of hydrogen-bond acceptors (Lipinski definition) is 6. The van der Waals surface area contributed by atoms with Crippen molar-refractivity contribution in [2.45, 2.75) is 29.7 Å². The molecular formula is C29H25F3N2O5S. The standard InChI is InChI=1S/C29H25F3N2O5S/c30-29(31,32)21-9-4-8-19(12-21)26-20(11-18-7-3-6-17-5-1-2-10-23(17)18)13-25(37)34-24(28(38)39)14-33(40-27(26)34)22(15-35)16-36/h1-10,12-13,22,24,35-36H,11,14-16H2,(H,38,39). The average Bonchev–Trinajstić information content (AvgIpc) is 2.93. The topological polar surface area (TPSA) is 103 Å². The van der Waals surface area contributed by atoms with Gasteiger partial charge in [0, 0.05) is 18.2 Å². The van der Waals surface area contributed by atoms with Gasteiger partial charge in [-0.15, -0.1) is 0 Å². The number of hydrogen-bond donors (Lipinski definition) is 3. The molecule has 7 nitrogen and oxygen atoms in total. The predicted octanol–water partition coefficient (Wildman–Crippen LogP) is 4.58. The first kappa shape index (κ1) is 27.9. The highest BCUT2D eigenvalue weighted by Crippen LogP contribution is 2.43. The van der Waals surface area contributed by atoms with Gasteiger partial charge in [0.25, 0.3) is 5.56 Å². The van der Waals surface area contributed by atoms with Crippen LogP contribution in [0.2, 0.25) is 0 Å². The molecule has 1 unspecified atom stereocenters. The minimum Gasteiger partial charge on any atom is -0.480 e. The molecule has 2 heterocycles. The summed E-state index contributed by atoms with van der Waals surface area (Å²) in [5.41, 5.74) is 0.222. The van der Waals surface area contributed by atoms with Crippen LogP contribution in [0.5, 0.6) is 0 Å². The van der Waals surface area contributed by atoms with Crippen LogP contribution in [-0.2, 0) is 17.4 Å². The summed E-state index contributed by atoms with van der Waals surface area (Å²) in [5, 5.41) is 31.6. The SMILES string of the molecule is O=C(O)C1CN(C(CO)CO)Sc2c(-c3cccc(C(F)(F)F)c3)c(Cc3cccc4ccccc34)cc(=O)n21. The average molecular weight is 571 g/mol. The lowest BCUT2D eigenvalue weighted by Crippen LogP contribution is -2.47. The lowest BCUT2D eigenvalue weighted by molar-refractivity contribution is -0.142. The number of nitrogens with zero attached hydrogens (tertiary/aromatic N) is 2. The number of carboxylic acid groups (broad SMARTS) is 1. The first-order valence-corrected chi connectivity index (χ1v) is 13.2. The van der Waals surface area contributed by atoms with Crippen molar-refractivity contribution in [1.82, 2.24) is 8.87 Å². The Morgan fingerprint density at radius 1 is 0.975 bits per heavy atom. The summed E-state index contributed by atoms with van der Waals surface area (Å²) in [6.07, 6.45) is -4.43. The summed E-state index contributed by atoms with van der Waals surface area (Å²) in [6, 6.07) is 17.0. The molecule has 0 spiro atoms. The molecule has 40 heavy (non-hydrogen) atoms. The zero-order valence-corrected chi connectivity index (χ0v) is 21.8. The fraction of sp³-hybridized carbons (Fsp3) is 0.241. The van der Waals surface area contributed by atoms with E-state index in [1.165, 1.54) is 22.5 Å². The van der Waals surface area contributed by atoms with Gasteiger partial charge in [-0.2, -0.15) is 13.2 Å². The van der Waals surface area contributed by atoms with Crippen molar-refractivity contribution in [3.63, 3.8) is 0 Å². The zero-order valence-electron chi connectivity index (χ0n) is 21.0. The maximum Gasteiger partial charge on any atom is 0.416 e. The Bertz CT molecular complexity index is 1630. The van der Waals surface area contributed by atoms with Crippen molar-refractivity contribution in [3.05, 3.63) is 99.8 Å². The number of rotatable bonds is 7. The Morgan fingerprint density at radius 2 is 1.68 bits per heavy atom. The molecule has 3 N–H and O–H groups in total. The molecule has 0 radical (unpaired) electrons. The van der Waals surface area contributed by atoms with Crippen LogP contribution in [0.4, 0.5) is 13.2 Å². The molecule has 1 aliphatic rings. The number of aliphatic hydroxyl groups excluding tert-OH is 2. The highest BCUT2D eigenvalue weighted by Gasteiger charge is 2.38. The summed E-state index contributed by atoms with van der Waals surface area (Å²) in [6.45, 7) is -1.19. The number of benzene rings is 3. The molecule has 0 amide bonds. The van der Waals surface area contributed by atoms with Gasteiger partial charge in [0.05, 0.1) is 24.8 Å². The van der Waals surface area contributed by atoms with E-state index in [1.54, 1.807) is 0 Å². The molecule has 0 saturated carbocycles. The molecule has 1 atom stereocenters. The van der Waals surface area contributed by atoms with Gasteiger partial charge in [-0.05, 0) is 58.0 Å². The third-order valence-corrected chi connectivity index (χ3v) is 8.27. The third-order valence-electron chi connectivity index (χ3n) is 7.01. The van der Waals surface area contributed by atoms with Crippen molar-refractivity contribution >= 4 is 28.7 Å².